The van der Waals surface area contributed by atoms with Gasteiger partial charge in [-0.05, 0) is 30.2 Å². The van der Waals surface area contributed by atoms with E-state index in [1.807, 2.05) is 18.2 Å². The van der Waals surface area contributed by atoms with Gasteiger partial charge < -0.3 is 20.3 Å². The third kappa shape index (κ3) is 8.06. The number of guanidine groups is 1. The molecular formula is C23H31IN4O. The molecule has 1 aliphatic rings. The van der Waals surface area contributed by atoms with Gasteiger partial charge in [-0.25, -0.2) is 4.99 Å². The van der Waals surface area contributed by atoms with E-state index in [1.54, 1.807) is 0 Å². The minimum absolute atomic E-state index is 0. The lowest BCUT2D eigenvalue weighted by atomic mass is 10.2. The molecule has 6 heteroatoms. The predicted molar refractivity (Wildman–Crippen MR) is 132 cm³/mol. The van der Waals surface area contributed by atoms with E-state index < -0.39 is 0 Å². The highest BCUT2D eigenvalue weighted by Crippen LogP contribution is 2.18. The highest BCUT2D eigenvalue weighted by atomic mass is 127. The monoisotopic (exact) mass is 506 g/mol. The Hall–Kier alpha value is -2.06. The predicted octanol–water partition coefficient (Wildman–Crippen LogP) is 3.95. The van der Waals surface area contributed by atoms with E-state index >= 15 is 0 Å². The minimum atomic E-state index is 0. The molecule has 0 saturated heterocycles. The Morgan fingerprint density at radius 2 is 1.76 bits per heavy atom. The van der Waals surface area contributed by atoms with Crippen LogP contribution in [0.3, 0.4) is 0 Å². The quantitative estimate of drug-likeness (QED) is 0.178. The first-order valence-corrected chi connectivity index (χ1v) is 9.98. The maximum Gasteiger partial charge on any atom is 0.191 e. The van der Waals surface area contributed by atoms with Crippen LogP contribution in [0.1, 0.15) is 18.1 Å². The van der Waals surface area contributed by atoms with Crippen LogP contribution in [-0.2, 0) is 17.9 Å². The Labute approximate surface area is 191 Å². The van der Waals surface area contributed by atoms with Gasteiger partial charge in [-0.1, -0.05) is 54.6 Å². The molecule has 2 N–H and O–H groups in total. The van der Waals surface area contributed by atoms with Crippen molar-refractivity contribution in [3.05, 3.63) is 77.9 Å². The first-order chi connectivity index (χ1) is 13.8. The third-order valence-corrected chi connectivity index (χ3v) is 4.51. The summed E-state index contributed by atoms with van der Waals surface area (Å²) in [6, 6.07) is 18.8. The third-order valence-electron chi connectivity index (χ3n) is 4.51. The topological polar surface area (TPSA) is 48.9 Å². The van der Waals surface area contributed by atoms with Gasteiger partial charge in [0.25, 0.3) is 0 Å². The van der Waals surface area contributed by atoms with E-state index in [0.717, 1.165) is 32.1 Å². The number of benzene rings is 2. The number of nitrogens with one attached hydrogen (secondary N) is 2. The molecule has 1 aliphatic heterocycles. The van der Waals surface area contributed by atoms with Crippen LogP contribution in [0.5, 0.6) is 0 Å². The molecule has 0 aliphatic carbocycles. The first-order valence-electron chi connectivity index (χ1n) is 9.98. The fraction of sp³-hybridized carbons (Fsp3) is 0.348. The van der Waals surface area contributed by atoms with Crippen molar-refractivity contribution >= 4 is 35.6 Å². The van der Waals surface area contributed by atoms with E-state index in [4.69, 9.17) is 9.73 Å². The summed E-state index contributed by atoms with van der Waals surface area (Å²) in [6.07, 6.45) is 4.41. The number of hydrogen-bond donors (Lipinski definition) is 2. The van der Waals surface area contributed by atoms with Crippen molar-refractivity contribution in [3.63, 3.8) is 0 Å². The van der Waals surface area contributed by atoms with Crippen LogP contribution in [0, 0.1) is 0 Å². The molecule has 2 aromatic carbocycles. The maximum absolute atomic E-state index is 5.73. The summed E-state index contributed by atoms with van der Waals surface area (Å²) in [5, 5.41) is 6.63. The average molecular weight is 506 g/mol. The summed E-state index contributed by atoms with van der Waals surface area (Å²) >= 11 is 0. The maximum atomic E-state index is 5.73. The van der Waals surface area contributed by atoms with E-state index in [2.05, 4.69) is 71.0 Å². The fourth-order valence-electron chi connectivity index (χ4n) is 3.06. The van der Waals surface area contributed by atoms with Crippen molar-refractivity contribution in [1.82, 2.24) is 10.6 Å². The molecule has 0 unspecified atom stereocenters. The Morgan fingerprint density at radius 1 is 1.00 bits per heavy atom. The summed E-state index contributed by atoms with van der Waals surface area (Å²) in [7, 11) is 0. The van der Waals surface area contributed by atoms with E-state index in [0.29, 0.717) is 19.8 Å². The summed E-state index contributed by atoms with van der Waals surface area (Å²) in [6.45, 7) is 7.51. The summed E-state index contributed by atoms with van der Waals surface area (Å²) < 4.78 is 5.73. The summed E-state index contributed by atoms with van der Waals surface area (Å²) in [5.74, 6) is 0.819. The van der Waals surface area contributed by atoms with Gasteiger partial charge in [-0.3, -0.25) is 0 Å². The zero-order valence-electron chi connectivity index (χ0n) is 17.0. The van der Waals surface area contributed by atoms with Gasteiger partial charge in [-0.2, -0.15) is 0 Å². The van der Waals surface area contributed by atoms with Crippen LogP contribution in [0.4, 0.5) is 5.69 Å². The molecule has 0 fully saturated rings. The van der Waals surface area contributed by atoms with Crippen LogP contribution < -0.4 is 15.5 Å². The molecule has 0 bridgehead atoms. The van der Waals surface area contributed by atoms with Crippen molar-refractivity contribution in [2.45, 2.75) is 20.1 Å². The number of aliphatic imine (C=N–C) groups is 1. The highest BCUT2D eigenvalue weighted by molar-refractivity contribution is 14.0. The van der Waals surface area contributed by atoms with Crippen molar-refractivity contribution in [2.24, 2.45) is 4.99 Å². The zero-order chi connectivity index (χ0) is 19.4. The van der Waals surface area contributed by atoms with E-state index in [-0.39, 0.29) is 24.0 Å². The molecule has 29 heavy (non-hydrogen) atoms. The highest BCUT2D eigenvalue weighted by Gasteiger charge is 2.07. The van der Waals surface area contributed by atoms with Crippen LogP contribution in [0.2, 0.25) is 0 Å². The van der Waals surface area contributed by atoms with Crippen LogP contribution in [0.25, 0.3) is 0 Å². The second kappa shape index (κ2) is 13.2. The normalized spacial score (nSPS) is 13.3. The minimum Gasteiger partial charge on any atom is -0.375 e. The number of ether oxygens (including phenoxy) is 1. The number of nitrogens with zero attached hydrogens (tertiary/aromatic N) is 2. The molecule has 1 heterocycles. The van der Waals surface area contributed by atoms with Crippen molar-refractivity contribution in [1.29, 1.82) is 0 Å². The van der Waals surface area contributed by atoms with Crippen LogP contribution in [-0.4, -0.2) is 38.7 Å². The number of anilines is 1. The van der Waals surface area contributed by atoms with Gasteiger partial charge in [-0.15, -0.1) is 24.0 Å². The molecule has 3 rings (SSSR count). The van der Waals surface area contributed by atoms with Crippen LogP contribution >= 0.6 is 24.0 Å². The molecule has 0 radical (unpaired) electrons. The van der Waals surface area contributed by atoms with Gasteiger partial charge in [0.1, 0.15) is 0 Å². The molecule has 0 spiro atoms. The van der Waals surface area contributed by atoms with Gasteiger partial charge in [0, 0.05) is 31.9 Å². The molecule has 0 saturated carbocycles. The SMILES string of the molecule is CCNC(=NCc1cccc(N2CC=CC2)c1)NCCOCc1ccccc1.I. The second-order valence-corrected chi connectivity index (χ2v) is 6.71. The number of rotatable bonds is 9. The zero-order valence-corrected chi connectivity index (χ0v) is 19.3. The Morgan fingerprint density at radius 3 is 2.52 bits per heavy atom. The molecule has 0 aromatic heterocycles. The number of halogens is 1. The lowest BCUT2D eigenvalue weighted by molar-refractivity contribution is 0.125. The second-order valence-electron chi connectivity index (χ2n) is 6.71. The Kier molecular flexibility index (Phi) is 10.6. The van der Waals surface area contributed by atoms with Gasteiger partial charge in [0.2, 0.25) is 0 Å². The fourth-order valence-corrected chi connectivity index (χ4v) is 3.06. The summed E-state index contributed by atoms with van der Waals surface area (Å²) in [5.41, 5.74) is 3.66. The summed E-state index contributed by atoms with van der Waals surface area (Å²) in [4.78, 5) is 7.06. The lowest BCUT2D eigenvalue weighted by Gasteiger charge is -2.18. The number of hydrogen-bond acceptors (Lipinski definition) is 3. The molecular weight excluding hydrogens is 475 g/mol. The van der Waals surface area contributed by atoms with Gasteiger partial charge >= 0.3 is 0 Å². The molecule has 156 valence electrons. The average Bonchev–Trinajstić information content (AvgIpc) is 3.28. The molecule has 0 atom stereocenters. The Bertz CT molecular complexity index is 771. The van der Waals surface area contributed by atoms with Gasteiger partial charge in [0.15, 0.2) is 5.96 Å². The van der Waals surface area contributed by atoms with Crippen molar-refractivity contribution < 1.29 is 4.74 Å². The van der Waals surface area contributed by atoms with Crippen molar-refractivity contribution in [2.75, 3.05) is 37.7 Å². The Balaban J connectivity index is 0.00000300. The van der Waals surface area contributed by atoms with Crippen LogP contribution in [0.15, 0.2) is 71.7 Å². The largest absolute Gasteiger partial charge is 0.375 e. The standard InChI is InChI=1S/C23H30N4O.HI/c1-2-24-23(25-13-16-28-19-20-9-4-3-5-10-20)26-18-21-11-8-12-22(17-21)27-14-6-7-15-27;/h3-12,17H,2,13-16,18-19H2,1H3,(H2,24,25,26);1H. The molecule has 5 nitrogen and oxygen atoms in total. The molecule has 0 amide bonds. The van der Waals surface area contributed by atoms with E-state index in [9.17, 15) is 0 Å². The van der Waals surface area contributed by atoms with Gasteiger partial charge in [0.05, 0.1) is 19.8 Å². The smallest absolute Gasteiger partial charge is 0.191 e. The first kappa shape index (κ1) is 23.2. The lowest BCUT2D eigenvalue weighted by Crippen LogP contribution is -2.38. The van der Waals surface area contributed by atoms with Crippen molar-refractivity contribution in [3.8, 4) is 0 Å². The molecule has 2 aromatic rings. The van der Waals surface area contributed by atoms with E-state index in [1.165, 1.54) is 16.8 Å².